The van der Waals surface area contributed by atoms with Crippen LogP contribution in [0.5, 0.6) is 0 Å². The van der Waals surface area contributed by atoms with Crippen molar-refractivity contribution in [2.24, 2.45) is 0 Å². The minimum atomic E-state index is -0.681. The third-order valence-corrected chi connectivity index (χ3v) is 3.34. The van der Waals surface area contributed by atoms with E-state index in [4.69, 9.17) is 0 Å². The Morgan fingerprint density at radius 1 is 1.33 bits per heavy atom. The van der Waals surface area contributed by atoms with Crippen LogP contribution in [0.1, 0.15) is 30.5 Å². The summed E-state index contributed by atoms with van der Waals surface area (Å²) in [6, 6.07) is 6.22. The number of carbonyl (C=O) groups excluding carboxylic acids is 1. The average molecular weight is 290 g/mol. The van der Waals surface area contributed by atoms with Gasteiger partial charge in [0.2, 0.25) is 5.91 Å². The SMILES string of the molecule is CCC(=O)N(C)C(c1cccnc1)c1ccc(F)cc1F. The number of benzene rings is 1. The van der Waals surface area contributed by atoms with Crippen molar-refractivity contribution >= 4 is 5.91 Å². The quantitative estimate of drug-likeness (QED) is 0.865. The van der Waals surface area contributed by atoms with Crippen molar-refractivity contribution in [3.8, 4) is 0 Å². The van der Waals surface area contributed by atoms with E-state index in [9.17, 15) is 13.6 Å². The van der Waals surface area contributed by atoms with E-state index in [0.717, 1.165) is 6.07 Å². The molecule has 2 aromatic rings. The van der Waals surface area contributed by atoms with Crippen molar-refractivity contribution in [3.05, 3.63) is 65.5 Å². The number of halogens is 2. The van der Waals surface area contributed by atoms with Gasteiger partial charge in [0.25, 0.3) is 0 Å². The van der Waals surface area contributed by atoms with Gasteiger partial charge in [-0.3, -0.25) is 9.78 Å². The monoisotopic (exact) mass is 290 g/mol. The van der Waals surface area contributed by atoms with E-state index in [-0.39, 0.29) is 11.5 Å². The summed E-state index contributed by atoms with van der Waals surface area (Å²) in [6.07, 6.45) is 3.48. The Balaban J connectivity index is 2.53. The Morgan fingerprint density at radius 3 is 2.67 bits per heavy atom. The van der Waals surface area contributed by atoms with Gasteiger partial charge in [0.1, 0.15) is 11.6 Å². The molecule has 0 aliphatic heterocycles. The predicted molar refractivity (Wildman–Crippen MR) is 75.5 cm³/mol. The molecule has 0 saturated heterocycles. The highest BCUT2D eigenvalue weighted by molar-refractivity contribution is 5.76. The fourth-order valence-corrected chi connectivity index (χ4v) is 2.27. The maximum absolute atomic E-state index is 14.1. The molecule has 0 radical (unpaired) electrons. The minimum absolute atomic E-state index is 0.132. The molecule has 0 aliphatic carbocycles. The maximum Gasteiger partial charge on any atom is 0.222 e. The molecular formula is C16H16F2N2O. The van der Waals surface area contributed by atoms with Crippen molar-refractivity contribution < 1.29 is 13.6 Å². The summed E-state index contributed by atoms with van der Waals surface area (Å²) in [7, 11) is 1.60. The molecule has 0 bridgehead atoms. The summed E-state index contributed by atoms with van der Waals surface area (Å²) < 4.78 is 27.2. The average Bonchev–Trinajstić information content (AvgIpc) is 2.49. The Hall–Kier alpha value is -2.30. The molecule has 0 fully saturated rings. The molecular weight excluding hydrogens is 274 g/mol. The molecule has 5 heteroatoms. The number of hydrogen-bond donors (Lipinski definition) is 0. The van der Waals surface area contributed by atoms with Gasteiger partial charge in [-0.15, -0.1) is 0 Å². The van der Waals surface area contributed by atoms with Gasteiger partial charge >= 0.3 is 0 Å². The molecule has 0 aliphatic rings. The van der Waals surface area contributed by atoms with Crippen LogP contribution in [0.25, 0.3) is 0 Å². The third kappa shape index (κ3) is 3.24. The molecule has 1 amide bonds. The molecule has 0 spiro atoms. The summed E-state index contributed by atoms with van der Waals surface area (Å²) >= 11 is 0. The van der Waals surface area contributed by atoms with Gasteiger partial charge in [0.05, 0.1) is 6.04 Å². The molecule has 2 rings (SSSR count). The summed E-state index contributed by atoms with van der Waals surface area (Å²) in [5.74, 6) is -1.46. The summed E-state index contributed by atoms with van der Waals surface area (Å²) in [5.41, 5.74) is 0.918. The lowest BCUT2D eigenvalue weighted by atomic mass is 9.98. The fraction of sp³-hybridized carbons (Fsp3) is 0.250. The maximum atomic E-state index is 14.1. The van der Waals surface area contributed by atoms with Crippen LogP contribution < -0.4 is 0 Å². The first-order chi connectivity index (χ1) is 10.0. The number of hydrogen-bond acceptors (Lipinski definition) is 2. The van der Waals surface area contributed by atoms with E-state index in [2.05, 4.69) is 4.98 Å². The topological polar surface area (TPSA) is 33.2 Å². The number of pyridine rings is 1. The molecule has 1 atom stereocenters. The van der Waals surface area contributed by atoms with Gasteiger partial charge in [0.15, 0.2) is 0 Å². The predicted octanol–water partition coefficient (Wildman–Crippen LogP) is 3.32. The highest BCUT2D eigenvalue weighted by Gasteiger charge is 2.25. The molecule has 0 saturated carbocycles. The van der Waals surface area contributed by atoms with Gasteiger partial charge in [-0.05, 0) is 17.7 Å². The molecule has 1 heterocycles. The van der Waals surface area contributed by atoms with Gasteiger partial charge in [-0.2, -0.15) is 0 Å². The second-order valence-electron chi connectivity index (χ2n) is 4.71. The van der Waals surface area contributed by atoms with E-state index < -0.39 is 17.7 Å². The zero-order valence-corrected chi connectivity index (χ0v) is 11.9. The van der Waals surface area contributed by atoms with E-state index in [1.165, 1.54) is 17.0 Å². The fourth-order valence-electron chi connectivity index (χ4n) is 2.27. The van der Waals surface area contributed by atoms with Crippen LogP contribution >= 0.6 is 0 Å². The first kappa shape index (κ1) is 15.1. The van der Waals surface area contributed by atoms with E-state index in [0.29, 0.717) is 12.0 Å². The molecule has 1 unspecified atom stereocenters. The molecule has 1 aromatic carbocycles. The van der Waals surface area contributed by atoms with E-state index in [1.54, 1.807) is 38.5 Å². The Morgan fingerprint density at radius 2 is 2.10 bits per heavy atom. The van der Waals surface area contributed by atoms with Crippen LogP contribution in [-0.2, 0) is 4.79 Å². The Kier molecular flexibility index (Phi) is 4.62. The number of rotatable bonds is 4. The zero-order valence-electron chi connectivity index (χ0n) is 11.9. The van der Waals surface area contributed by atoms with Crippen LogP contribution in [0.3, 0.4) is 0 Å². The molecule has 0 N–H and O–H groups in total. The van der Waals surface area contributed by atoms with Crippen molar-refractivity contribution in [2.45, 2.75) is 19.4 Å². The lowest BCUT2D eigenvalue weighted by Gasteiger charge is -2.29. The largest absolute Gasteiger partial charge is 0.334 e. The Bertz CT molecular complexity index is 631. The zero-order chi connectivity index (χ0) is 15.4. The van der Waals surface area contributed by atoms with Gasteiger partial charge < -0.3 is 4.90 Å². The van der Waals surface area contributed by atoms with Gasteiger partial charge in [-0.1, -0.05) is 19.1 Å². The van der Waals surface area contributed by atoms with E-state index in [1.807, 2.05) is 0 Å². The van der Waals surface area contributed by atoms with Crippen LogP contribution in [0.2, 0.25) is 0 Å². The van der Waals surface area contributed by atoms with Crippen molar-refractivity contribution in [3.63, 3.8) is 0 Å². The third-order valence-electron chi connectivity index (χ3n) is 3.34. The smallest absolute Gasteiger partial charge is 0.222 e. The highest BCUT2D eigenvalue weighted by atomic mass is 19.1. The highest BCUT2D eigenvalue weighted by Crippen LogP contribution is 2.29. The second kappa shape index (κ2) is 6.43. The van der Waals surface area contributed by atoms with Crippen LogP contribution in [0.15, 0.2) is 42.7 Å². The van der Waals surface area contributed by atoms with Crippen molar-refractivity contribution in [1.82, 2.24) is 9.88 Å². The van der Waals surface area contributed by atoms with Crippen LogP contribution in [0, 0.1) is 11.6 Å². The summed E-state index contributed by atoms with van der Waals surface area (Å²) in [5, 5.41) is 0. The molecule has 110 valence electrons. The number of amides is 1. The molecule has 21 heavy (non-hydrogen) atoms. The lowest BCUT2D eigenvalue weighted by molar-refractivity contribution is -0.131. The van der Waals surface area contributed by atoms with E-state index >= 15 is 0 Å². The molecule has 3 nitrogen and oxygen atoms in total. The second-order valence-corrected chi connectivity index (χ2v) is 4.71. The molecule has 1 aromatic heterocycles. The Labute approximate surface area is 122 Å². The number of aromatic nitrogens is 1. The van der Waals surface area contributed by atoms with Gasteiger partial charge in [-0.25, -0.2) is 8.78 Å². The van der Waals surface area contributed by atoms with Crippen molar-refractivity contribution in [1.29, 1.82) is 0 Å². The first-order valence-corrected chi connectivity index (χ1v) is 6.65. The van der Waals surface area contributed by atoms with Gasteiger partial charge in [0, 0.05) is 37.5 Å². The lowest BCUT2D eigenvalue weighted by Crippen LogP contribution is -2.32. The minimum Gasteiger partial charge on any atom is -0.334 e. The summed E-state index contributed by atoms with van der Waals surface area (Å²) in [6.45, 7) is 1.74. The van der Waals surface area contributed by atoms with Crippen molar-refractivity contribution in [2.75, 3.05) is 7.05 Å². The van der Waals surface area contributed by atoms with Crippen LogP contribution in [-0.4, -0.2) is 22.8 Å². The summed E-state index contributed by atoms with van der Waals surface area (Å²) in [4.78, 5) is 17.5. The standard InChI is InChI=1S/C16H16F2N2O/c1-3-15(21)20(2)16(11-5-4-8-19-10-11)13-7-6-12(17)9-14(13)18/h4-10,16H,3H2,1-2H3. The number of carbonyl (C=O) groups is 1. The van der Waals surface area contributed by atoms with Crippen LogP contribution in [0.4, 0.5) is 8.78 Å². The normalized spacial score (nSPS) is 12.0. The number of nitrogens with zero attached hydrogens (tertiary/aromatic N) is 2. The first-order valence-electron chi connectivity index (χ1n) is 6.65.